The lowest BCUT2D eigenvalue weighted by molar-refractivity contribution is 0.0827. The molecule has 5 nitrogen and oxygen atoms in total. The van der Waals surface area contributed by atoms with Crippen LogP contribution in [0.1, 0.15) is 12.0 Å². The SMILES string of the molecule is O=C(NCCc1ccc(Cl)cc1)NC[C@@H]1CCNC[C@H]1O. The zero-order chi connectivity index (χ0) is 15.1. The molecular formula is C15H22ClN3O2. The van der Waals surface area contributed by atoms with Crippen LogP contribution >= 0.6 is 11.6 Å². The van der Waals surface area contributed by atoms with E-state index in [1.54, 1.807) is 0 Å². The van der Waals surface area contributed by atoms with E-state index in [2.05, 4.69) is 16.0 Å². The lowest BCUT2D eigenvalue weighted by Crippen LogP contribution is -2.47. The normalized spacial score (nSPS) is 21.8. The zero-order valence-corrected chi connectivity index (χ0v) is 12.7. The van der Waals surface area contributed by atoms with Crippen molar-refractivity contribution in [1.82, 2.24) is 16.0 Å². The quantitative estimate of drug-likeness (QED) is 0.659. The second-order valence-electron chi connectivity index (χ2n) is 5.33. The number of piperidine rings is 1. The van der Waals surface area contributed by atoms with Crippen molar-refractivity contribution in [3.63, 3.8) is 0 Å². The number of β-amino-alcohol motifs (C(OH)–C–C–N with tert-alkyl or cyclic N) is 1. The monoisotopic (exact) mass is 311 g/mol. The molecule has 1 fully saturated rings. The summed E-state index contributed by atoms with van der Waals surface area (Å²) in [5.41, 5.74) is 1.13. The van der Waals surface area contributed by atoms with E-state index < -0.39 is 0 Å². The molecule has 116 valence electrons. The highest BCUT2D eigenvalue weighted by Crippen LogP contribution is 2.11. The van der Waals surface area contributed by atoms with Gasteiger partial charge in [0.15, 0.2) is 0 Å². The van der Waals surface area contributed by atoms with E-state index in [1.165, 1.54) is 0 Å². The van der Waals surface area contributed by atoms with Gasteiger partial charge < -0.3 is 21.1 Å². The van der Waals surface area contributed by atoms with E-state index in [9.17, 15) is 9.90 Å². The molecular weight excluding hydrogens is 290 g/mol. The summed E-state index contributed by atoms with van der Waals surface area (Å²) in [6, 6.07) is 7.40. The lowest BCUT2D eigenvalue weighted by Gasteiger charge is -2.28. The van der Waals surface area contributed by atoms with Gasteiger partial charge in [0, 0.05) is 30.6 Å². The highest BCUT2D eigenvalue weighted by molar-refractivity contribution is 6.30. The second kappa shape index (κ2) is 8.22. The molecule has 0 aliphatic carbocycles. The van der Waals surface area contributed by atoms with Gasteiger partial charge in [-0.15, -0.1) is 0 Å². The van der Waals surface area contributed by atoms with Crippen LogP contribution in [0.2, 0.25) is 5.02 Å². The van der Waals surface area contributed by atoms with E-state index in [-0.39, 0.29) is 18.1 Å². The minimum atomic E-state index is -0.381. The molecule has 6 heteroatoms. The van der Waals surface area contributed by atoms with Gasteiger partial charge in [0.25, 0.3) is 0 Å². The molecule has 2 atom stereocenters. The van der Waals surface area contributed by atoms with Crippen molar-refractivity contribution in [3.8, 4) is 0 Å². The van der Waals surface area contributed by atoms with Crippen molar-refractivity contribution in [2.45, 2.75) is 18.9 Å². The molecule has 21 heavy (non-hydrogen) atoms. The maximum absolute atomic E-state index is 11.7. The van der Waals surface area contributed by atoms with Gasteiger partial charge in [-0.05, 0) is 37.1 Å². The molecule has 0 aromatic heterocycles. The van der Waals surface area contributed by atoms with Crippen molar-refractivity contribution in [2.24, 2.45) is 5.92 Å². The van der Waals surface area contributed by atoms with Crippen LogP contribution in [0.4, 0.5) is 4.79 Å². The molecule has 1 heterocycles. The Kier molecular flexibility index (Phi) is 6.29. The third-order valence-corrected chi connectivity index (χ3v) is 3.98. The number of hydrogen-bond acceptors (Lipinski definition) is 3. The Morgan fingerprint density at radius 1 is 1.33 bits per heavy atom. The molecule has 1 aliphatic rings. The van der Waals surface area contributed by atoms with Crippen molar-refractivity contribution in [1.29, 1.82) is 0 Å². The fraction of sp³-hybridized carbons (Fsp3) is 0.533. The maximum Gasteiger partial charge on any atom is 0.314 e. The number of nitrogens with one attached hydrogen (secondary N) is 3. The predicted molar refractivity (Wildman–Crippen MR) is 83.5 cm³/mol. The van der Waals surface area contributed by atoms with Crippen molar-refractivity contribution < 1.29 is 9.90 Å². The van der Waals surface area contributed by atoms with Gasteiger partial charge in [-0.25, -0.2) is 4.79 Å². The standard InChI is InChI=1S/C15H22ClN3O2/c16-13-3-1-11(2-4-13)5-8-18-15(21)19-9-12-6-7-17-10-14(12)20/h1-4,12,14,17,20H,5-10H2,(H2,18,19,21)/t12-,14+/m0/s1. The van der Waals surface area contributed by atoms with Crippen LogP contribution in [0.15, 0.2) is 24.3 Å². The largest absolute Gasteiger partial charge is 0.391 e. The van der Waals surface area contributed by atoms with E-state index >= 15 is 0 Å². The van der Waals surface area contributed by atoms with Crippen LogP contribution in [0.3, 0.4) is 0 Å². The highest BCUT2D eigenvalue weighted by Gasteiger charge is 2.22. The first-order valence-corrected chi connectivity index (χ1v) is 7.68. The Balaban J connectivity index is 1.62. The smallest absolute Gasteiger partial charge is 0.314 e. The Morgan fingerprint density at radius 2 is 2.10 bits per heavy atom. The van der Waals surface area contributed by atoms with Gasteiger partial charge in [-0.2, -0.15) is 0 Å². The fourth-order valence-electron chi connectivity index (χ4n) is 2.39. The summed E-state index contributed by atoms with van der Waals surface area (Å²) in [6.45, 7) is 2.57. The average molecular weight is 312 g/mol. The van der Waals surface area contributed by atoms with Gasteiger partial charge in [-0.1, -0.05) is 23.7 Å². The van der Waals surface area contributed by atoms with E-state index in [0.717, 1.165) is 24.9 Å². The van der Waals surface area contributed by atoms with E-state index in [1.807, 2.05) is 24.3 Å². The number of halogens is 1. The summed E-state index contributed by atoms with van der Waals surface area (Å²) in [4.78, 5) is 11.7. The molecule has 0 saturated carbocycles. The lowest BCUT2D eigenvalue weighted by atomic mass is 9.95. The van der Waals surface area contributed by atoms with Crippen LogP contribution < -0.4 is 16.0 Å². The Morgan fingerprint density at radius 3 is 2.81 bits per heavy atom. The van der Waals surface area contributed by atoms with Gasteiger partial charge >= 0.3 is 6.03 Å². The van der Waals surface area contributed by atoms with Gasteiger partial charge in [-0.3, -0.25) is 0 Å². The van der Waals surface area contributed by atoms with Crippen LogP contribution in [0.5, 0.6) is 0 Å². The highest BCUT2D eigenvalue weighted by atomic mass is 35.5. The first kappa shape index (κ1) is 16.1. The first-order valence-electron chi connectivity index (χ1n) is 7.30. The van der Waals surface area contributed by atoms with Gasteiger partial charge in [0.05, 0.1) is 6.10 Å². The summed E-state index contributed by atoms with van der Waals surface area (Å²) >= 11 is 5.82. The maximum atomic E-state index is 11.7. The topological polar surface area (TPSA) is 73.4 Å². The molecule has 2 rings (SSSR count). The molecule has 0 radical (unpaired) electrons. The number of amides is 2. The Hall–Kier alpha value is -1.30. The van der Waals surface area contributed by atoms with Crippen molar-refractivity contribution >= 4 is 17.6 Å². The minimum Gasteiger partial charge on any atom is -0.391 e. The molecule has 4 N–H and O–H groups in total. The summed E-state index contributed by atoms with van der Waals surface area (Å²) in [7, 11) is 0. The number of carbonyl (C=O) groups excluding carboxylic acids is 1. The van der Waals surface area contributed by atoms with E-state index in [4.69, 9.17) is 11.6 Å². The molecule has 0 spiro atoms. The average Bonchev–Trinajstić information content (AvgIpc) is 2.48. The molecule has 1 aromatic carbocycles. The molecule has 1 aliphatic heterocycles. The first-order chi connectivity index (χ1) is 10.1. The molecule has 1 aromatic rings. The number of benzene rings is 1. The third-order valence-electron chi connectivity index (χ3n) is 3.73. The van der Waals surface area contributed by atoms with Gasteiger partial charge in [0.2, 0.25) is 0 Å². The van der Waals surface area contributed by atoms with Crippen LogP contribution in [0.25, 0.3) is 0 Å². The zero-order valence-electron chi connectivity index (χ0n) is 11.9. The number of rotatable bonds is 5. The summed E-state index contributed by atoms with van der Waals surface area (Å²) in [5, 5.41) is 19.3. The number of urea groups is 1. The minimum absolute atomic E-state index is 0.133. The van der Waals surface area contributed by atoms with E-state index in [0.29, 0.717) is 24.7 Å². The number of aliphatic hydroxyl groups excluding tert-OH is 1. The summed E-state index contributed by atoms with van der Waals surface area (Å²) in [6.07, 6.45) is 1.26. The second-order valence-corrected chi connectivity index (χ2v) is 5.77. The van der Waals surface area contributed by atoms with Crippen LogP contribution in [-0.2, 0) is 6.42 Å². The molecule has 1 saturated heterocycles. The third kappa shape index (κ3) is 5.53. The number of aliphatic hydroxyl groups is 1. The fourth-order valence-corrected chi connectivity index (χ4v) is 2.52. The number of carbonyl (C=O) groups is 1. The Labute approximate surface area is 130 Å². The van der Waals surface area contributed by atoms with Crippen molar-refractivity contribution in [3.05, 3.63) is 34.9 Å². The van der Waals surface area contributed by atoms with Crippen LogP contribution in [0, 0.1) is 5.92 Å². The van der Waals surface area contributed by atoms with Gasteiger partial charge in [0.1, 0.15) is 0 Å². The predicted octanol–water partition coefficient (Wildman–Crippen LogP) is 1.15. The van der Waals surface area contributed by atoms with Crippen molar-refractivity contribution in [2.75, 3.05) is 26.2 Å². The molecule has 0 unspecified atom stereocenters. The molecule has 0 bridgehead atoms. The Bertz CT molecular complexity index is 453. The van der Waals surface area contributed by atoms with Crippen LogP contribution in [-0.4, -0.2) is 43.4 Å². The number of hydrogen-bond donors (Lipinski definition) is 4. The summed E-state index contributed by atoms with van der Waals surface area (Å²) < 4.78 is 0. The molecule has 2 amide bonds. The summed E-state index contributed by atoms with van der Waals surface area (Å²) in [5.74, 6) is 0.133.